The van der Waals surface area contributed by atoms with E-state index in [2.05, 4.69) is 30.0 Å². The minimum absolute atomic E-state index is 0.319. The van der Waals surface area contributed by atoms with Crippen LogP contribution in [0.3, 0.4) is 0 Å². The minimum Gasteiger partial charge on any atom is -0.486 e. The van der Waals surface area contributed by atoms with Crippen LogP contribution in [0.25, 0.3) is 6.08 Å². The quantitative estimate of drug-likeness (QED) is 0.393. The molecular weight excluding hydrogens is 398 g/mol. The fraction of sp³-hybridized carbons (Fsp3) is 0.500. The van der Waals surface area contributed by atoms with Crippen molar-refractivity contribution in [2.45, 2.75) is 39.2 Å². The summed E-state index contributed by atoms with van der Waals surface area (Å²) in [4.78, 5) is 12.1. The number of fused-ring (bicyclic) bond motifs is 1. The molecule has 2 aliphatic rings. The van der Waals surface area contributed by atoms with E-state index < -0.39 is 0 Å². The first-order valence-electron chi connectivity index (χ1n) is 9.57. The molecule has 3 N–H and O–H groups in total. The van der Waals surface area contributed by atoms with E-state index in [1.165, 1.54) is 18.9 Å². The second kappa shape index (κ2) is 9.47. The number of nitrogens with one attached hydrogen (secondary N) is 3. The first kappa shape index (κ1) is 20.7. The topological polar surface area (TPSA) is 71.6 Å². The summed E-state index contributed by atoms with van der Waals surface area (Å²) in [6, 6.07) is 3.84. The van der Waals surface area contributed by atoms with E-state index in [0.29, 0.717) is 52.7 Å². The largest absolute Gasteiger partial charge is 0.486 e. The number of amides is 1. The highest BCUT2D eigenvalue weighted by Gasteiger charge is 2.27. The molecule has 0 radical (unpaired) electrons. The number of carbonyl (C=O) groups excluding carboxylic acids is 1. The SMILES string of the molecule is C[C@H]1[C@@H](NC(=S)NNC(=O)/C=C/c2cc(Cl)c3c(c2)OCCO3)CCC[C@@H]1C. The Hall–Kier alpha value is -1.99. The standard InChI is InChI=1S/C20H26ClN3O3S/c1-12-4-3-5-16(13(12)2)22-20(28)24-23-18(25)7-6-14-10-15(21)19-17(11-14)26-8-9-27-19/h6-7,10-13,16H,3-5,8-9H2,1-2H3,(H,23,25)(H2,22,24,28)/b7-6+/t12-,13+,16-/m0/s1. The zero-order valence-electron chi connectivity index (χ0n) is 16.1. The van der Waals surface area contributed by atoms with E-state index in [0.717, 1.165) is 12.0 Å². The summed E-state index contributed by atoms with van der Waals surface area (Å²) in [5.74, 6) is 2.02. The second-order valence-corrected chi connectivity index (χ2v) is 8.14. The zero-order valence-corrected chi connectivity index (χ0v) is 17.7. The normalized spacial score (nSPS) is 23.9. The number of ether oxygens (including phenoxy) is 2. The lowest BCUT2D eigenvalue weighted by Gasteiger charge is -2.35. The van der Waals surface area contributed by atoms with Crippen LogP contribution in [0.2, 0.25) is 5.02 Å². The van der Waals surface area contributed by atoms with E-state index in [4.69, 9.17) is 33.3 Å². The molecule has 1 saturated carbocycles. The fourth-order valence-electron chi connectivity index (χ4n) is 3.55. The van der Waals surface area contributed by atoms with Crippen molar-refractivity contribution in [1.82, 2.24) is 16.2 Å². The van der Waals surface area contributed by atoms with Gasteiger partial charge in [0.15, 0.2) is 16.6 Å². The van der Waals surface area contributed by atoms with Gasteiger partial charge in [0, 0.05) is 12.1 Å². The van der Waals surface area contributed by atoms with Gasteiger partial charge >= 0.3 is 0 Å². The van der Waals surface area contributed by atoms with Gasteiger partial charge in [0.2, 0.25) is 0 Å². The Morgan fingerprint density at radius 2 is 2.00 bits per heavy atom. The molecule has 3 atom stereocenters. The van der Waals surface area contributed by atoms with Gasteiger partial charge in [-0.1, -0.05) is 38.3 Å². The van der Waals surface area contributed by atoms with E-state index in [-0.39, 0.29) is 5.91 Å². The van der Waals surface area contributed by atoms with Gasteiger partial charge in [-0.15, -0.1) is 0 Å². The van der Waals surface area contributed by atoms with Gasteiger partial charge in [-0.05, 0) is 54.2 Å². The highest BCUT2D eigenvalue weighted by atomic mass is 35.5. The van der Waals surface area contributed by atoms with E-state index in [1.54, 1.807) is 18.2 Å². The number of benzene rings is 1. The number of carbonyl (C=O) groups is 1. The lowest BCUT2D eigenvalue weighted by molar-refractivity contribution is -0.116. The summed E-state index contributed by atoms with van der Waals surface area (Å²) < 4.78 is 11.0. The van der Waals surface area contributed by atoms with Crippen molar-refractivity contribution >= 4 is 40.9 Å². The molecule has 0 saturated heterocycles. The Labute approximate surface area is 176 Å². The first-order chi connectivity index (χ1) is 13.4. The Kier molecular flexibility index (Phi) is 7.02. The molecule has 0 unspecified atom stereocenters. The Bertz CT molecular complexity index is 771. The summed E-state index contributed by atoms with van der Waals surface area (Å²) >= 11 is 11.5. The number of halogens is 1. The Morgan fingerprint density at radius 1 is 1.21 bits per heavy atom. The van der Waals surface area contributed by atoms with Gasteiger partial charge in [-0.25, -0.2) is 0 Å². The monoisotopic (exact) mass is 423 g/mol. The van der Waals surface area contributed by atoms with Crippen molar-refractivity contribution < 1.29 is 14.3 Å². The average molecular weight is 424 g/mol. The highest BCUT2D eigenvalue weighted by molar-refractivity contribution is 7.80. The molecule has 28 heavy (non-hydrogen) atoms. The van der Waals surface area contributed by atoms with Crippen LogP contribution in [0.5, 0.6) is 11.5 Å². The van der Waals surface area contributed by atoms with E-state index in [9.17, 15) is 4.79 Å². The summed E-state index contributed by atoms with van der Waals surface area (Å²) in [5, 5.41) is 4.18. The van der Waals surface area contributed by atoms with Crippen molar-refractivity contribution in [3.8, 4) is 11.5 Å². The van der Waals surface area contributed by atoms with Gasteiger partial charge in [-0.2, -0.15) is 0 Å². The average Bonchev–Trinajstić information content (AvgIpc) is 2.68. The lowest BCUT2D eigenvalue weighted by atomic mass is 9.78. The van der Waals surface area contributed by atoms with Crippen LogP contribution >= 0.6 is 23.8 Å². The van der Waals surface area contributed by atoms with Crippen molar-refractivity contribution in [3.05, 3.63) is 28.8 Å². The number of thiocarbonyl (C=S) groups is 1. The van der Waals surface area contributed by atoms with Gasteiger partial charge in [0.1, 0.15) is 13.2 Å². The first-order valence-corrected chi connectivity index (χ1v) is 10.4. The van der Waals surface area contributed by atoms with Crippen LogP contribution in [0, 0.1) is 11.8 Å². The Morgan fingerprint density at radius 3 is 2.82 bits per heavy atom. The van der Waals surface area contributed by atoms with Crippen LogP contribution in [-0.2, 0) is 4.79 Å². The van der Waals surface area contributed by atoms with Crippen molar-refractivity contribution in [2.75, 3.05) is 13.2 Å². The third-order valence-electron chi connectivity index (χ3n) is 5.37. The third-order valence-corrected chi connectivity index (χ3v) is 5.87. The molecule has 1 heterocycles. The summed E-state index contributed by atoms with van der Waals surface area (Å²) in [7, 11) is 0. The van der Waals surface area contributed by atoms with Crippen LogP contribution < -0.4 is 25.6 Å². The zero-order chi connectivity index (χ0) is 20.1. The summed E-state index contributed by atoms with van der Waals surface area (Å²) in [6.45, 7) is 5.46. The molecule has 3 rings (SSSR count). The van der Waals surface area contributed by atoms with Gasteiger partial charge in [0.05, 0.1) is 5.02 Å². The molecule has 0 aromatic heterocycles. The number of hydrogen-bond donors (Lipinski definition) is 3. The van der Waals surface area contributed by atoms with E-state index >= 15 is 0 Å². The lowest BCUT2D eigenvalue weighted by Crippen LogP contribution is -2.52. The number of rotatable bonds is 3. The maximum Gasteiger partial charge on any atom is 0.262 e. The molecule has 1 aliphatic heterocycles. The van der Waals surface area contributed by atoms with Gasteiger partial charge < -0.3 is 14.8 Å². The van der Waals surface area contributed by atoms with E-state index in [1.807, 2.05) is 0 Å². The molecule has 1 amide bonds. The fourth-order valence-corrected chi connectivity index (χ4v) is 4.03. The number of hydrazine groups is 1. The van der Waals surface area contributed by atoms with Crippen LogP contribution in [0.4, 0.5) is 0 Å². The molecule has 8 heteroatoms. The van der Waals surface area contributed by atoms with Crippen molar-refractivity contribution in [2.24, 2.45) is 11.8 Å². The molecule has 1 fully saturated rings. The summed E-state index contributed by atoms with van der Waals surface area (Å²) in [5.41, 5.74) is 6.08. The van der Waals surface area contributed by atoms with Crippen LogP contribution in [0.15, 0.2) is 18.2 Å². The smallest absolute Gasteiger partial charge is 0.262 e. The maximum atomic E-state index is 12.1. The predicted molar refractivity (Wildman–Crippen MR) is 114 cm³/mol. The molecule has 1 aromatic rings. The summed E-state index contributed by atoms with van der Waals surface area (Å²) in [6.07, 6.45) is 6.60. The molecule has 0 spiro atoms. The van der Waals surface area contributed by atoms with Crippen molar-refractivity contribution in [1.29, 1.82) is 0 Å². The molecular formula is C20H26ClN3O3S. The Balaban J connectivity index is 1.49. The highest BCUT2D eigenvalue weighted by Crippen LogP contribution is 2.38. The van der Waals surface area contributed by atoms with Crippen LogP contribution in [0.1, 0.15) is 38.7 Å². The van der Waals surface area contributed by atoms with Gasteiger partial charge in [0.25, 0.3) is 5.91 Å². The molecule has 152 valence electrons. The third kappa shape index (κ3) is 5.29. The number of hydrogen-bond acceptors (Lipinski definition) is 4. The van der Waals surface area contributed by atoms with Gasteiger partial charge in [-0.3, -0.25) is 15.6 Å². The second-order valence-electron chi connectivity index (χ2n) is 7.32. The molecule has 0 bridgehead atoms. The predicted octanol–water partition coefficient (Wildman–Crippen LogP) is 3.44. The minimum atomic E-state index is -0.319. The van der Waals surface area contributed by atoms with Crippen molar-refractivity contribution in [3.63, 3.8) is 0 Å². The molecule has 1 aliphatic carbocycles. The van der Waals surface area contributed by atoms with Crippen LogP contribution in [-0.4, -0.2) is 30.3 Å². The maximum absolute atomic E-state index is 12.1. The molecule has 1 aromatic carbocycles. The molecule has 6 nitrogen and oxygen atoms in total.